The van der Waals surface area contributed by atoms with Crippen LogP contribution in [0.15, 0.2) is 0 Å². The molecule has 0 aromatic rings. The Labute approximate surface area is 568 Å². The first-order valence-corrected chi connectivity index (χ1v) is 41.6. The van der Waals surface area contributed by atoms with Crippen molar-refractivity contribution in [3.63, 3.8) is 0 Å². The van der Waals surface area contributed by atoms with Gasteiger partial charge in [-0.1, -0.05) is 330 Å². The molecule has 93 heavy (non-hydrogen) atoms. The average molecular weight is 1370 g/mol. The van der Waals surface area contributed by atoms with Gasteiger partial charge < -0.3 is 33.8 Å². The fourth-order valence-corrected chi connectivity index (χ4v) is 12.8. The van der Waals surface area contributed by atoms with E-state index in [-0.39, 0.29) is 25.7 Å². The predicted octanol–water partition coefficient (Wildman–Crippen LogP) is 21.6. The third-order valence-corrected chi connectivity index (χ3v) is 19.8. The van der Waals surface area contributed by atoms with Gasteiger partial charge in [-0.3, -0.25) is 37.3 Å². The molecule has 3 N–H and O–H groups in total. The third-order valence-electron chi connectivity index (χ3n) is 17.9. The van der Waals surface area contributed by atoms with Crippen LogP contribution in [0.25, 0.3) is 0 Å². The van der Waals surface area contributed by atoms with Crippen LogP contribution in [0.5, 0.6) is 0 Å². The van der Waals surface area contributed by atoms with E-state index in [2.05, 4.69) is 41.5 Å². The van der Waals surface area contributed by atoms with Crippen molar-refractivity contribution in [1.29, 1.82) is 0 Å². The van der Waals surface area contributed by atoms with Crippen LogP contribution in [0.2, 0.25) is 0 Å². The normalized spacial score (nSPS) is 14.6. The molecular weight excluding hydrogens is 1220 g/mol. The van der Waals surface area contributed by atoms with Gasteiger partial charge in [0.25, 0.3) is 0 Å². The molecule has 0 fully saturated rings. The Kier molecular flexibility index (Phi) is 64.6. The van der Waals surface area contributed by atoms with Crippen LogP contribution in [-0.4, -0.2) is 96.7 Å². The van der Waals surface area contributed by atoms with E-state index in [0.717, 1.165) is 102 Å². The topological polar surface area (TPSA) is 237 Å². The highest BCUT2D eigenvalue weighted by molar-refractivity contribution is 7.47. The van der Waals surface area contributed by atoms with Crippen molar-refractivity contribution in [3.8, 4) is 0 Å². The van der Waals surface area contributed by atoms with Crippen molar-refractivity contribution in [3.05, 3.63) is 0 Å². The van der Waals surface area contributed by atoms with Crippen molar-refractivity contribution in [1.82, 2.24) is 0 Å². The monoisotopic (exact) mass is 1370 g/mol. The Morgan fingerprint density at radius 3 is 0.763 bits per heavy atom. The lowest BCUT2D eigenvalue weighted by molar-refractivity contribution is -0.161. The zero-order chi connectivity index (χ0) is 68.6. The van der Waals surface area contributed by atoms with Gasteiger partial charge in [0, 0.05) is 25.7 Å². The average Bonchev–Trinajstić information content (AvgIpc) is 1.69. The molecule has 0 aliphatic carbocycles. The van der Waals surface area contributed by atoms with Gasteiger partial charge in [0.15, 0.2) is 12.2 Å². The Hall–Kier alpha value is -1.94. The number of hydrogen-bond acceptors (Lipinski definition) is 15. The number of ether oxygens (including phenoxy) is 4. The lowest BCUT2D eigenvalue weighted by Gasteiger charge is -2.21. The summed E-state index contributed by atoms with van der Waals surface area (Å²) in [5.74, 6) is -0.541. The smallest absolute Gasteiger partial charge is 0.462 e. The molecule has 0 saturated heterocycles. The van der Waals surface area contributed by atoms with E-state index in [1.54, 1.807) is 0 Å². The first kappa shape index (κ1) is 91.1. The van der Waals surface area contributed by atoms with E-state index in [4.69, 9.17) is 37.0 Å². The maximum Gasteiger partial charge on any atom is 0.472 e. The first-order chi connectivity index (χ1) is 44.9. The number of unbranched alkanes of at least 4 members (excludes halogenated alkanes) is 41. The summed E-state index contributed by atoms with van der Waals surface area (Å²) < 4.78 is 68.4. The number of carbonyl (C=O) groups excluding carboxylic acids is 4. The molecule has 0 saturated carbocycles. The number of hydrogen-bond donors (Lipinski definition) is 3. The maximum atomic E-state index is 13.1. The number of aliphatic hydroxyl groups excluding tert-OH is 1. The number of phosphoric ester groups is 2. The summed E-state index contributed by atoms with van der Waals surface area (Å²) >= 11 is 0. The van der Waals surface area contributed by atoms with Crippen LogP contribution in [0.4, 0.5) is 0 Å². The molecule has 0 amide bonds. The Morgan fingerprint density at radius 2 is 0.516 bits per heavy atom. The van der Waals surface area contributed by atoms with E-state index in [1.165, 1.54) is 199 Å². The fourth-order valence-electron chi connectivity index (χ4n) is 11.2. The van der Waals surface area contributed by atoms with Gasteiger partial charge in [0.05, 0.1) is 26.4 Å². The van der Waals surface area contributed by atoms with Crippen LogP contribution in [-0.2, 0) is 65.4 Å². The number of esters is 4. The van der Waals surface area contributed by atoms with Crippen LogP contribution < -0.4 is 0 Å². The molecule has 0 radical (unpaired) electrons. The molecule has 0 spiro atoms. The summed E-state index contributed by atoms with van der Waals surface area (Å²) in [6.07, 6.45) is 52.6. The second kappa shape index (κ2) is 66.0. The van der Waals surface area contributed by atoms with Gasteiger partial charge in [-0.15, -0.1) is 0 Å². The first-order valence-electron chi connectivity index (χ1n) is 38.6. The zero-order valence-corrected chi connectivity index (χ0v) is 62.3. The molecule has 4 unspecified atom stereocenters. The maximum absolute atomic E-state index is 13.1. The molecule has 0 bridgehead atoms. The van der Waals surface area contributed by atoms with E-state index >= 15 is 0 Å². The van der Waals surface area contributed by atoms with Crippen LogP contribution in [0.1, 0.15) is 382 Å². The van der Waals surface area contributed by atoms with Crippen molar-refractivity contribution in [2.45, 2.75) is 400 Å². The standard InChI is InChI=1S/C74H144O17P2/c1-7-11-13-15-17-19-20-21-22-23-24-25-26-27-33-40-46-52-58-73(78)90-69(63-85-72(77)57-51-45-39-32-29-28-31-36-42-48-54-66(5)9-3)64-88-92(80,81)86-60-68(75)61-87-93(82,83)89-65-70(62-84-71(76)56-50-44-38-30-18-16-14-12-8-2)91-74(79)59-53-47-41-35-34-37-43-49-55-67(6)10-4/h66-70,75H,7-65H2,1-6H3,(H,80,81)(H,82,83)/t66?,67?,68-,69-,70-/m1/s1. The van der Waals surface area contributed by atoms with E-state index < -0.39 is 97.5 Å². The van der Waals surface area contributed by atoms with Crippen molar-refractivity contribution < 1.29 is 80.2 Å². The molecule has 19 heteroatoms. The molecule has 0 aliphatic rings. The summed E-state index contributed by atoms with van der Waals surface area (Å²) in [5, 5.41) is 10.6. The van der Waals surface area contributed by atoms with Crippen molar-refractivity contribution >= 4 is 39.5 Å². The molecular formula is C74H144O17P2. The molecule has 552 valence electrons. The largest absolute Gasteiger partial charge is 0.472 e. The van der Waals surface area contributed by atoms with Gasteiger partial charge >= 0.3 is 39.5 Å². The summed E-state index contributed by atoms with van der Waals surface area (Å²) in [4.78, 5) is 72.7. The quantitative estimate of drug-likeness (QED) is 0.0222. The van der Waals surface area contributed by atoms with Gasteiger partial charge in [-0.2, -0.15) is 0 Å². The summed E-state index contributed by atoms with van der Waals surface area (Å²) in [6.45, 7) is 9.59. The number of phosphoric acid groups is 2. The summed E-state index contributed by atoms with van der Waals surface area (Å²) in [6, 6.07) is 0. The molecule has 0 aromatic carbocycles. The zero-order valence-electron chi connectivity index (χ0n) is 60.6. The number of rotatable bonds is 73. The SMILES string of the molecule is CCCCCCCCCCCCCCCCCCCCC(=O)O[C@H](COC(=O)CCCCCCCCCCCCC(C)CC)COP(=O)(O)OC[C@@H](O)COP(=O)(O)OC[C@@H](COC(=O)CCCCCCCCCCC)OC(=O)CCCCCCCCCCC(C)CC. The second-order valence-corrected chi connectivity index (χ2v) is 30.1. The minimum absolute atomic E-state index is 0.105. The van der Waals surface area contributed by atoms with E-state index in [1.807, 2.05) is 0 Å². The molecule has 0 rings (SSSR count). The highest BCUT2D eigenvalue weighted by Crippen LogP contribution is 2.45. The van der Waals surface area contributed by atoms with Crippen molar-refractivity contribution in [2.24, 2.45) is 11.8 Å². The Balaban J connectivity index is 5.24. The van der Waals surface area contributed by atoms with Gasteiger partial charge in [0.2, 0.25) is 0 Å². The minimum atomic E-state index is -4.96. The summed E-state index contributed by atoms with van der Waals surface area (Å²) in [7, 11) is -9.91. The van der Waals surface area contributed by atoms with E-state index in [0.29, 0.717) is 25.7 Å². The third kappa shape index (κ3) is 65.8. The van der Waals surface area contributed by atoms with Crippen LogP contribution >= 0.6 is 15.6 Å². The van der Waals surface area contributed by atoms with E-state index in [9.17, 15) is 43.2 Å². The van der Waals surface area contributed by atoms with Crippen LogP contribution in [0.3, 0.4) is 0 Å². The molecule has 0 aliphatic heterocycles. The number of aliphatic hydroxyl groups is 1. The Morgan fingerprint density at radius 1 is 0.301 bits per heavy atom. The highest BCUT2D eigenvalue weighted by atomic mass is 31.2. The minimum Gasteiger partial charge on any atom is -0.462 e. The predicted molar refractivity (Wildman–Crippen MR) is 377 cm³/mol. The molecule has 17 nitrogen and oxygen atoms in total. The molecule has 0 aromatic heterocycles. The highest BCUT2D eigenvalue weighted by Gasteiger charge is 2.30. The van der Waals surface area contributed by atoms with Gasteiger partial charge in [-0.25, -0.2) is 9.13 Å². The second-order valence-electron chi connectivity index (χ2n) is 27.2. The van der Waals surface area contributed by atoms with Crippen molar-refractivity contribution in [2.75, 3.05) is 39.6 Å². The lowest BCUT2D eigenvalue weighted by Crippen LogP contribution is -2.30. The number of carbonyl (C=O) groups is 4. The van der Waals surface area contributed by atoms with Gasteiger partial charge in [-0.05, 0) is 37.5 Å². The summed E-state index contributed by atoms with van der Waals surface area (Å²) in [5.41, 5.74) is 0. The lowest BCUT2D eigenvalue weighted by atomic mass is 9.99. The van der Waals surface area contributed by atoms with Gasteiger partial charge in [0.1, 0.15) is 19.3 Å². The fraction of sp³-hybridized carbons (Fsp3) is 0.946. The van der Waals surface area contributed by atoms with Crippen LogP contribution in [0, 0.1) is 11.8 Å². The molecule has 0 heterocycles. The molecule has 7 atom stereocenters. The Bertz CT molecular complexity index is 1810.